The van der Waals surface area contributed by atoms with E-state index in [9.17, 15) is 9.59 Å². The van der Waals surface area contributed by atoms with Crippen LogP contribution >= 0.6 is 15.9 Å². The summed E-state index contributed by atoms with van der Waals surface area (Å²) in [4.78, 5) is 23.4. The highest BCUT2D eigenvalue weighted by Crippen LogP contribution is 2.27. The molecule has 3 N–H and O–H groups in total. The Hall–Kier alpha value is -1.60. The SMILES string of the molecule is COc1ccc([C@@H](C)NCC(=O)NC(=O)NCCC(C)C)cc1Br. The van der Waals surface area contributed by atoms with Crippen LogP contribution in [-0.4, -0.2) is 32.1 Å². The van der Waals surface area contributed by atoms with Gasteiger partial charge in [0.05, 0.1) is 18.1 Å². The third-order valence-corrected chi connectivity index (χ3v) is 4.12. The minimum Gasteiger partial charge on any atom is -0.496 e. The minimum atomic E-state index is -0.456. The first kappa shape index (κ1) is 20.4. The Morgan fingerprint density at radius 3 is 2.54 bits per heavy atom. The van der Waals surface area contributed by atoms with Crippen molar-refractivity contribution in [3.63, 3.8) is 0 Å². The van der Waals surface area contributed by atoms with Crippen LogP contribution in [0.5, 0.6) is 5.75 Å². The van der Waals surface area contributed by atoms with Crippen molar-refractivity contribution in [1.82, 2.24) is 16.0 Å². The normalized spacial score (nSPS) is 11.9. The number of hydrogen-bond donors (Lipinski definition) is 3. The Morgan fingerprint density at radius 1 is 1.25 bits per heavy atom. The zero-order valence-corrected chi connectivity index (χ0v) is 16.2. The molecule has 6 nitrogen and oxygen atoms in total. The van der Waals surface area contributed by atoms with E-state index in [4.69, 9.17) is 4.74 Å². The molecule has 0 heterocycles. The molecule has 0 aromatic heterocycles. The van der Waals surface area contributed by atoms with Gasteiger partial charge in [0.2, 0.25) is 5.91 Å². The van der Waals surface area contributed by atoms with Gasteiger partial charge in [-0.05, 0) is 52.9 Å². The fourth-order valence-corrected chi connectivity index (χ4v) is 2.56. The first-order valence-corrected chi connectivity index (χ1v) is 8.77. The molecule has 1 atom stereocenters. The summed E-state index contributed by atoms with van der Waals surface area (Å²) >= 11 is 3.44. The molecule has 0 bridgehead atoms. The maximum atomic E-state index is 11.8. The number of carbonyl (C=O) groups excluding carboxylic acids is 2. The highest BCUT2D eigenvalue weighted by Gasteiger charge is 2.12. The predicted octanol–water partition coefficient (Wildman–Crippen LogP) is 2.98. The Morgan fingerprint density at radius 2 is 1.96 bits per heavy atom. The summed E-state index contributed by atoms with van der Waals surface area (Å²) in [7, 11) is 1.61. The second-order valence-electron chi connectivity index (χ2n) is 5.98. The average molecular weight is 400 g/mol. The molecule has 0 aliphatic carbocycles. The van der Waals surface area contributed by atoms with E-state index >= 15 is 0 Å². The van der Waals surface area contributed by atoms with Gasteiger partial charge < -0.3 is 15.4 Å². The molecule has 134 valence electrons. The average Bonchev–Trinajstić information content (AvgIpc) is 2.52. The molecule has 0 radical (unpaired) electrons. The van der Waals surface area contributed by atoms with Gasteiger partial charge in [-0.2, -0.15) is 0 Å². The molecule has 1 aromatic carbocycles. The summed E-state index contributed by atoms with van der Waals surface area (Å²) in [5.74, 6) is 0.894. The Bertz CT molecular complexity index is 564. The lowest BCUT2D eigenvalue weighted by molar-refractivity contribution is -0.119. The molecule has 0 spiro atoms. The third kappa shape index (κ3) is 7.31. The van der Waals surface area contributed by atoms with Gasteiger partial charge in [-0.25, -0.2) is 4.79 Å². The van der Waals surface area contributed by atoms with Crippen molar-refractivity contribution in [3.05, 3.63) is 28.2 Å². The molecule has 0 aliphatic heterocycles. The number of methoxy groups -OCH3 is 1. The summed E-state index contributed by atoms with van der Waals surface area (Å²) in [6.45, 7) is 6.72. The summed E-state index contributed by atoms with van der Waals surface area (Å²) in [6.07, 6.45) is 0.878. The topological polar surface area (TPSA) is 79.5 Å². The van der Waals surface area contributed by atoms with Crippen molar-refractivity contribution < 1.29 is 14.3 Å². The zero-order chi connectivity index (χ0) is 18.1. The Balaban J connectivity index is 2.38. The molecule has 24 heavy (non-hydrogen) atoms. The zero-order valence-electron chi connectivity index (χ0n) is 14.6. The van der Waals surface area contributed by atoms with Crippen LogP contribution in [0.2, 0.25) is 0 Å². The van der Waals surface area contributed by atoms with Crippen LogP contribution in [0.25, 0.3) is 0 Å². The van der Waals surface area contributed by atoms with Crippen molar-refractivity contribution in [1.29, 1.82) is 0 Å². The van der Waals surface area contributed by atoms with Crippen LogP contribution in [0.1, 0.15) is 38.8 Å². The quantitative estimate of drug-likeness (QED) is 0.627. The van der Waals surface area contributed by atoms with Gasteiger partial charge in [0.15, 0.2) is 0 Å². The number of rotatable bonds is 8. The number of amides is 3. The van der Waals surface area contributed by atoms with Crippen molar-refractivity contribution >= 4 is 27.9 Å². The number of nitrogens with one attached hydrogen (secondary N) is 3. The molecule has 0 fully saturated rings. The van der Waals surface area contributed by atoms with Crippen LogP contribution in [-0.2, 0) is 4.79 Å². The molecule has 0 saturated carbocycles. The van der Waals surface area contributed by atoms with Gasteiger partial charge in [-0.15, -0.1) is 0 Å². The van der Waals surface area contributed by atoms with Gasteiger partial charge >= 0.3 is 6.03 Å². The van der Waals surface area contributed by atoms with Crippen molar-refractivity contribution in [2.45, 2.75) is 33.2 Å². The molecule has 0 saturated heterocycles. The van der Waals surface area contributed by atoms with Gasteiger partial charge in [0.1, 0.15) is 5.75 Å². The highest BCUT2D eigenvalue weighted by molar-refractivity contribution is 9.10. The number of urea groups is 1. The van der Waals surface area contributed by atoms with Gasteiger partial charge in [-0.3, -0.25) is 10.1 Å². The molecular weight excluding hydrogens is 374 g/mol. The number of carbonyl (C=O) groups is 2. The molecule has 0 aliphatic rings. The van der Waals surface area contributed by atoms with E-state index in [1.807, 2.05) is 25.1 Å². The van der Waals surface area contributed by atoms with Crippen molar-refractivity contribution in [2.24, 2.45) is 5.92 Å². The van der Waals surface area contributed by atoms with Crippen LogP contribution < -0.4 is 20.7 Å². The van der Waals surface area contributed by atoms with Crippen LogP contribution in [0.4, 0.5) is 4.79 Å². The fraction of sp³-hybridized carbons (Fsp3) is 0.529. The molecule has 1 rings (SSSR count). The molecule has 7 heteroatoms. The first-order valence-electron chi connectivity index (χ1n) is 7.98. The third-order valence-electron chi connectivity index (χ3n) is 3.50. The Kier molecular flexibility index (Phi) is 8.78. The van der Waals surface area contributed by atoms with Crippen LogP contribution in [0.15, 0.2) is 22.7 Å². The second kappa shape index (κ2) is 10.3. The highest BCUT2D eigenvalue weighted by atomic mass is 79.9. The van der Waals surface area contributed by atoms with Gasteiger partial charge in [0.25, 0.3) is 0 Å². The molecule has 0 unspecified atom stereocenters. The van der Waals surface area contributed by atoms with Gasteiger partial charge in [0, 0.05) is 12.6 Å². The summed E-state index contributed by atoms with van der Waals surface area (Å²) in [6, 6.07) is 5.23. The van der Waals surface area contributed by atoms with E-state index in [0.717, 1.165) is 22.2 Å². The standard InChI is InChI=1S/C17H26BrN3O3/c1-11(2)7-8-19-17(23)21-16(22)10-20-12(3)13-5-6-15(24-4)14(18)9-13/h5-6,9,11-12,20H,7-8,10H2,1-4H3,(H2,19,21,22,23)/t12-/m1/s1. The number of imide groups is 1. The number of halogens is 1. The number of benzene rings is 1. The number of hydrogen-bond acceptors (Lipinski definition) is 4. The number of ether oxygens (including phenoxy) is 1. The molecule has 3 amide bonds. The summed E-state index contributed by atoms with van der Waals surface area (Å²) < 4.78 is 6.04. The van der Waals surface area contributed by atoms with Crippen LogP contribution in [0.3, 0.4) is 0 Å². The lowest BCUT2D eigenvalue weighted by atomic mass is 10.1. The van der Waals surface area contributed by atoms with E-state index in [0.29, 0.717) is 12.5 Å². The maximum Gasteiger partial charge on any atom is 0.321 e. The predicted molar refractivity (Wildman–Crippen MR) is 98.1 cm³/mol. The lowest BCUT2D eigenvalue weighted by Crippen LogP contribution is -2.44. The maximum absolute atomic E-state index is 11.8. The van der Waals surface area contributed by atoms with E-state index in [1.165, 1.54) is 0 Å². The second-order valence-corrected chi connectivity index (χ2v) is 6.84. The Labute approximate surface area is 151 Å². The fourth-order valence-electron chi connectivity index (χ4n) is 2.01. The molecule has 1 aromatic rings. The lowest BCUT2D eigenvalue weighted by Gasteiger charge is -2.15. The van der Waals surface area contributed by atoms with Crippen molar-refractivity contribution in [2.75, 3.05) is 20.2 Å². The van der Waals surface area contributed by atoms with E-state index in [1.54, 1.807) is 7.11 Å². The van der Waals surface area contributed by atoms with E-state index in [2.05, 4.69) is 45.7 Å². The first-order chi connectivity index (χ1) is 11.3. The smallest absolute Gasteiger partial charge is 0.321 e. The van der Waals surface area contributed by atoms with Crippen molar-refractivity contribution in [3.8, 4) is 5.75 Å². The molecular formula is C17H26BrN3O3. The van der Waals surface area contributed by atoms with E-state index in [-0.39, 0.29) is 18.5 Å². The summed E-state index contributed by atoms with van der Waals surface area (Å²) in [5.41, 5.74) is 1.01. The minimum absolute atomic E-state index is 0.0399. The van der Waals surface area contributed by atoms with E-state index < -0.39 is 6.03 Å². The largest absolute Gasteiger partial charge is 0.496 e. The monoisotopic (exact) mass is 399 g/mol. The van der Waals surface area contributed by atoms with Crippen LogP contribution in [0, 0.1) is 5.92 Å². The summed E-state index contributed by atoms with van der Waals surface area (Å²) in [5, 5.41) is 8.06. The van der Waals surface area contributed by atoms with Gasteiger partial charge in [-0.1, -0.05) is 19.9 Å².